The number of nitrogens with zero attached hydrogens (tertiary/aromatic N) is 3. The first-order valence-corrected chi connectivity index (χ1v) is 13.2. The molecular formula is C23H33N3O3S2. The number of fused-ring (bicyclic) bond motifs is 3. The van der Waals surface area contributed by atoms with Crippen molar-refractivity contribution in [2.24, 2.45) is 0 Å². The Morgan fingerprint density at radius 3 is 2.74 bits per heavy atom. The van der Waals surface area contributed by atoms with Crippen molar-refractivity contribution in [2.45, 2.75) is 87.7 Å². The Hall–Kier alpha value is -1.38. The van der Waals surface area contributed by atoms with Crippen LogP contribution in [0.2, 0.25) is 0 Å². The number of carbonyl (C=O) groups is 1. The molecule has 2 heterocycles. The summed E-state index contributed by atoms with van der Waals surface area (Å²) in [5, 5.41) is 1.13. The van der Waals surface area contributed by atoms with E-state index in [-0.39, 0.29) is 16.7 Å². The van der Waals surface area contributed by atoms with Gasteiger partial charge in [0.05, 0.1) is 23.8 Å². The van der Waals surface area contributed by atoms with Crippen LogP contribution in [-0.2, 0) is 28.9 Å². The van der Waals surface area contributed by atoms with Crippen molar-refractivity contribution in [2.75, 3.05) is 20.8 Å². The first-order valence-electron chi connectivity index (χ1n) is 11.5. The molecule has 1 amide bonds. The molecule has 8 heteroatoms. The number of aryl methyl sites for hydroxylation is 2. The van der Waals surface area contributed by atoms with Gasteiger partial charge in [0.15, 0.2) is 5.16 Å². The van der Waals surface area contributed by atoms with Crippen LogP contribution in [0.5, 0.6) is 0 Å². The van der Waals surface area contributed by atoms with Crippen molar-refractivity contribution in [3.8, 4) is 0 Å². The van der Waals surface area contributed by atoms with Gasteiger partial charge in [-0.25, -0.2) is 4.98 Å². The molecule has 1 saturated carbocycles. The van der Waals surface area contributed by atoms with E-state index in [1.807, 2.05) is 18.9 Å². The molecule has 2 aromatic heterocycles. The summed E-state index contributed by atoms with van der Waals surface area (Å²) < 4.78 is 6.99. The Kier molecular flexibility index (Phi) is 7.39. The van der Waals surface area contributed by atoms with Crippen LogP contribution < -0.4 is 5.56 Å². The first kappa shape index (κ1) is 22.8. The third-order valence-electron chi connectivity index (χ3n) is 6.66. The Labute approximate surface area is 192 Å². The smallest absolute Gasteiger partial charge is 0.263 e. The largest absolute Gasteiger partial charge is 0.383 e. The molecule has 31 heavy (non-hydrogen) atoms. The van der Waals surface area contributed by atoms with E-state index in [0.29, 0.717) is 24.3 Å². The Morgan fingerprint density at radius 1 is 1.26 bits per heavy atom. The molecule has 4 rings (SSSR count). The summed E-state index contributed by atoms with van der Waals surface area (Å²) in [6.45, 7) is 2.82. The van der Waals surface area contributed by atoms with Crippen molar-refractivity contribution in [1.82, 2.24) is 14.5 Å². The number of rotatable bonds is 7. The van der Waals surface area contributed by atoms with Crippen LogP contribution in [0.1, 0.15) is 62.3 Å². The molecule has 1 unspecified atom stereocenters. The highest BCUT2D eigenvalue weighted by atomic mass is 32.2. The lowest BCUT2D eigenvalue weighted by Crippen LogP contribution is -2.42. The number of hydrogen-bond acceptors (Lipinski definition) is 6. The molecule has 1 fully saturated rings. The van der Waals surface area contributed by atoms with Crippen LogP contribution in [0.25, 0.3) is 10.2 Å². The normalized spacial score (nSPS) is 18.2. The summed E-state index contributed by atoms with van der Waals surface area (Å²) in [5.74, 6) is 0.120. The molecule has 0 bridgehead atoms. The second-order valence-corrected chi connectivity index (χ2v) is 11.1. The lowest BCUT2D eigenvalue weighted by molar-refractivity contribution is -0.131. The average molecular weight is 464 g/mol. The number of thiophene rings is 1. The van der Waals surface area contributed by atoms with E-state index in [1.54, 1.807) is 23.0 Å². The predicted octanol–water partition coefficient (Wildman–Crippen LogP) is 4.25. The summed E-state index contributed by atoms with van der Waals surface area (Å²) in [4.78, 5) is 35.6. The highest BCUT2D eigenvalue weighted by Gasteiger charge is 2.28. The van der Waals surface area contributed by atoms with Gasteiger partial charge in [-0.1, -0.05) is 31.0 Å². The molecule has 2 aliphatic rings. The molecule has 2 aliphatic carbocycles. The molecule has 6 nitrogen and oxygen atoms in total. The number of amides is 1. The molecule has 2 aromatic rings. The highest BCUT2D eigenvalue weighted by molar-refractivity contribution is 8.00. The van der Waals surface area contributed by atoms with E-state index in [0.717, 1.165) is 42.3 Å². The lowest BCUT2D eigenvalue weighted by atomic mass is 9.94. The van der Waals surface area contributed by atoms with Crippen LogP contribution in [0.3, 0.4) is 0 Å². The van der Waals surface area contributed by atoms with Crippen LogP contribution in [0.4, 0.5) is 0 Å². The summed E-state index contributed by atoms with van der Waals surface area (Å²) in [7, 11) is 3.57. The third-order valence-corrected chi connectivity index (χ3v) is 8.92. The molecule has 0 spiro atoms. The Morgan fingerprint density at radius 2 is 2.00 bits per heavy atom. The fourth-order valence-electron chi connectivity index (χ4n) is 4.83. The first-order chi connectivity index (χ1) is 15.0. The minimum Gasteiger partial charge on any atom is -0.383 e. The third kappa shape index (κ3) is 4.71. The SMILES string of the molecule is COCCn1c(SC(C)C(=O)N(C)C2CCCCC2)nc2sc3c(c2c1=O)CCCC3. The summed E-state index contributed by atoms with van der Waals surface area (Å²) >= 11 is 3.07. The van der Waals surface area contributed by atoms with Gasteiger partial charge in [0.25, 0.3) is 5.56 Å². The van der Waals surface area contributed by atoms with Crippen molar-refractivity contribution in [3.05, 3.63) is 20.8 Å². The van der Waals surface area contributed by atoms with Crippen LogP contribution in [0, 0.1) is 0 Å². The van der Waals surface area contributed by atoms with Gasteiger partial charge in [0.1, 0.15) is 4.83 Å². The number of hydrogen-bond donors (Lipinski definition) is 0. The topological polar surface area (TPSA) is 64.4 Å². The number of thioether (sulfide) groups is 1. The van der Waals surface area contributed by atoms with E-state index in [4.69, 9.17) is 9.72 Å². The molecule has 1 atom stereocenters. The van der Waals surface area contributed by atoms with Crippen LogP contribution in [-0.4, -0.2) is 52.4 Å². The van der Waals surface area contributed by atoms with Gasteiger partial charge in [0.2, 0.25) is 5.91 Å². The summed E-state index contributed by atoms with van der Waals surface area (Å²) in [6, 6.07) is 0.333. The average Bonchev–Trinajstić information content (AvgIpc) is 3.17. The van der Waals surface area contributed by atoms with Gasteiger partial charge < -0.3 is 9.64 Å². The van der Waals surface area contributed by atoms with E-state index in [9.17, 15) is 9.59 Å². The van der Waals surface area contributed by atoms with Crippen molar-refractivity contribution in [3.63, 3.8) is 0 Å². The number of carbonyl (C=O) groups excluding carboxylic acids is 1. The van der Waals surface area contributed by atoms with Crippen molar-refractivity contribution < 1.29 is 9.53 Å². The maximum absolute atomic E-state index is 13.5. The maximum atomic E-state index is 13.5. The number of ether oxygens (including phenoxy) is 1. The van der Waals surface area contributed by atoms with Gasteiger partial charge in [0, 0.05) is 25.1 Å². The van der Waals surface area contributed by atoms with Crippen molar-refractivity contribution in [1.29, 1.82) is 0 Å². The second-order valence-electron chi connectivity index (χ2n) is 8.74. The summed E-state index contributed by atoms with van der Waals surface area (Å²) in [5.41, 5.74) is 1.22. The molecular weight excluding hydrogens is 430 g/mol. The maximum Gasteiger partial charge on any atom is 0.263 e. The van der Waals surface area contributed by atoms with E-state index >= 15 is 0 Å². The van der Waals surface area contributed by atoms with E-state index < -0.39 is 0 Å². The number of aromatic nitrogens is 2. The van der Waals surface area contributed by atoms with Gasteiger partial charge in [-0.2, -0.15) is 0 Å². The predicted molar refractivity (Wildman–Crippen MR) is 127 cm³/mol. The standard InChI is InChI=1S/C23H33N3O3S2/c1-15(21(27)25(2)16-9-5-4-6-10-16)30-23-24-20-19(22(28)26(23)13-14-29-3)17-11-7-8-12-18(17)31-20/h15-16H,4-14H2,1-3H3. The lowest BCUT2D eigenvalue weighted by Gasteiger charge is -2.32. The van der Waals surface area contributed by atoms with Gasteiger partial charge in [-0.3, -0.25) is 14.2 Å². The van der Waals surface area contributed by atoms with Gasteiger partial charge in [-0.05, 0) is 51.0 Å². The van der Waals surface area contributed by atoms with Crippen LogP contribution in [0.15, 0.2) is 9.95 Å². The molecule has 0 radical (unpaired) electrons. The van der Waals surface area contributed by atoms with Crippen LogP contribution >= 0.6 is 23.1 Å². The molecule has 0 saturated heterocycles. The highest BCUT2D eigenvalue weighted by Crippen LogP contribution is 2.35. The minimum atomic E-state index is -0.292. The fourth-order valence-corrected chi connectivity index (χ4v) is 7.17. The van der Waals surface area contributed by atoms with E-state index in [2.05, 4.69) is 0 Å². The zero-order valence-corrected chi connectivity index (χ0v) is 20.4. The fraction of sp³-hybridized carbons (Fsp3) is 0.696. The molecule has 0 aromatic carbocycles. The summed E-state index contributed by atoms with van der Waals surface area (Å²) in [6.07, 6.45) is 10.1. The molecule has 0 N–H and O–H groups in total. The quantitative estimate of drug-likeness (QED) is 0.454. The second kappa shape index (κ2) is 10.0. The minimum absolute atomic E-state index is 0.0178. The number of methoxy groups -OCH3 is 1. The van der Waals surface area contributed by atoms with Crippen molar-refractivity contribution >= 4 is 39.2 Å². The monoisotopic (exact) mass is 463 g/mol. The molecule has 170 valence electrons. The molecule has 0 aliphatic heterocycles. The zero-order valence-electron chi connectivity index (χ0n) is 18.8. The van der Waals surface area contributed by atoms with Gasteiger partial charge >= 0.3 is 0 Å². The van der Waals surface area contributed by atoms with E-state index in [1.165, 1.54) is 47.9 Å². The van der Waals surface area contributed by atoms with Gasteiger partial charge in [-0.15, -0.1) is 11.3 Å². The Balaban J connectivity index is 1.63. The Bertz CT molecular complexity index is 994. The zero-order chi connectivity index (χ0) is 22.0.